The van der Waals surface area contributed by atoms with Crippen molar-refractivity contribution in [3.8, 4) is 0 Å². The van der Waals surface area contributed by atoms with Crippen LogP contribution in [0.25, 0.3) is 0 Å². The van der Waals surface area contributed by atoms with Gasteiger partial charge in [0.2, 0.25) is 0 Å². The van der Waals surface area contributed by atoms with E-state index in [4.69, 9.17) is 0 Å². The van der Waals surface area contributed by atoms with Crippen molar-refractivity contribution in [1.29, 1.82) is 0 Å². The molecule has 2 atom stereocenters. The second kappa shape index (κ2) is 4.75. The van der Waals surface area contributed by atoms with Crippen molar-refractivity contribution in [2.24, 2.45) is 0 Å². The largest absolute Gasteiger partial charge is 0.315 e. The smallest absolute Gasteiger partial charge is 0.123 e. The van der Waals surface area contributed by atoms with Crippen molar-refractivity contribution in [2.75, 3.05) is 19.6 Å². The molecule has 0 amide bonds. The summed E-state index contributed by atoms with van der Waals surface area (Å²) in [5.74, 6) is -0.145. The highest BCUT2D eigenvalue weighted by Gasteiger charge is 2.32. The quantitative estimate of drug-likeness (QED) is 0.802. The Kier molecular flexibility index (Phi) is 3.12. The van der Waals surface area contributed by atoms with Gasteiger partial charge in [0.05, 0.1) is 0 Å². The molecule has 2 heterocycles. The molecule has 2 nitrogen and oxygen atoms in total. The van der Waals surface area contributed by atoms with E-state index in [1.165, 1.54) is 31.4 Å². The van der Waals surface area contributed by atoms with E-state index in [-0.39, 0.29) is 5.82 Å². The summed E-state index contributed by atoms with van der Waals surface area (Å²) in [5.41, 5.74) is 1.24. The predicted octanol–water partition coefficient (Wildman–Crippen LogP) is 2.32. The normalized spacial score (nSPS) is 29.9. The van der Waals surface area contributed by atoms with Gasteiger partial charge in [-0.15, -0.1) is 0 Å². The lowest BCUT2D eigenvalue weighted by molar-refractivity contribution is 0.192. The number of nitrogens with zero attached hydrogens (tertiary/aromatic N) is 1. The number of hydrogen-bond donors (Lipinski definition) is 1. The Bertz CT molecular complexity index is 376. The van der Waals surface area contributed by atoms with Crippen LogP contribution in [0.1, 0.15) is 30.9 Å². The molecule has 3 rings (SSSR count). The molecule has 1 aromatic carbocycles. The highest BCUT2D eigenvalue weighted by atomic mass is 19.1. The second-order valence-corrected chi connectivity index (χ2v) is 5.09. The number of benzene rings is 1. The Balaban J connectivity index is 1.86. The molecule has 2 unspecified atom stereocenters. The molecule has 2 aliphatic heterocycles. The fourth-order valence-electron chi connectivity index (χ4n) is 3.20. The Morgan fingerprint density at radius 3 is 2.82 bits per heavy atom. The maximum absolute atomic E-state index is 13.0. The van der Waals surface area contributed by atoms with Gasteiger partial charge in [-0.2, -0.15) is 0 Å². The Morgan fingerprint density at radius 2 is 2.00 bits per heavy atom. The average Bonchev–Trinajstić information content (AvgIpc) is 2.71. The molecule has 0 aliphatic carbocycles. The highest BCUT2D eigenvalue weighted by Crippen LogP contribution is 2.32. The summed E-state index contributed by atoms with van der Waals surface area (Å²) in [4.78, 5) is 2.60. The van der Waals surface area contributed by atoms with Crippen LogP contribution in [0.4, 0.5) is 4.39 Å². The van der Waals surface area contributed by atoms with Crippen LogP contribution < -0.4 is 5.32 Å². The van der Waals surface area contributed by atoms with Gasteiger partial charge in [0.15, 0.2) is 0 Å². The van der Waals surface area contributed by atoms with Crippen LogP contribution in [0.5, 0.6) is 0 Å². The van der Waals surface area contributed by atoms with E-state index >= 15 is 0 Å². The third-order valence-corrected chi connectivity index (χ3v) is 4.07. The summed E-state index contributed by atoms with van der Waals surface area (Å²) in [6, 6.07) is 8.16. The van der Waals surface area contributed by atoms with Crippen molar-refractivity contribution >= 4 is 0 Å². The molecule has 0 saturated carbocycles. The molecule has 1 aromatic rings. The lowest BCUT2D eigenvalue weighted by atomic mass is 10.0. The molecule has 17 heavy (non-hydrogen) atoms. The van der Waals surface area contributed by atoms with E-state index in [0.29, 0.717) is 6.04 Å². The number of rotatable bonds is 1. The third kappa shape index (κ3) is 2.22. The summed E-state index contributed by atoms with van der Waals surface area (Å²) < 4.78 is 13.0. The van der Waals surface area contributed by atoms with Gasteiger partial charge >= 0.3 is 0 Å². The molecular formula is C14H19FN2. The van der Waals surface area contributed by atoms with Gasteiger partial charge in [0.25, 0.3) is 0 Å². The van der Waals surface area contributed by atoms with Gasteiger partial charge in [-0.25, -0.2) is 4.39 Å². The lowest BCUT2D eigenvalue weighted by Crippen LogP contribution is -2.34. The SMILES string of the molecule is Fc1ccc(C2CNCCC3CCCN32)cc1. The van der Waals surface area contributed by atoms with Crippen LogP contribution >= 0.6 is 0 Å². The van der Waals surface area contributed by atoms with Gasteiger partial charge in [-0.05, 0) is 50.0 Å². The molecule has 2 fully saturated rings. The minimum absolute atomic E-state index is 0.145. The van der Waals surface area contributed by atoms with Crippen LogP contribution in [0.3, 0.4) is 0 Å². The molecule has 2 saturated heterocycles. The number of fused-ring (bicyclic) bond motifs is 1. The van der Waals surface area contributed by atoms with Gasteiger partial charge in [0.1, 0.15) is 5.82 Å². The van der Waals surface area contributed by atoms with Gasteiger partial charge in [0, 0.05) is 18.6 Å². The zero-order valence-electron chi connectivity index (χ0n) is 10.0. The Labute approximate surface area is 102 Å². The first-order chi connectivity index (χ1) is 8.34. The fraction of sp³-hybridized carbons (Fsp3) is 0.571. The van der Waals surface area contributed by atoms with E-state index in [9.17, 15) is 4.39 Å². The standard InChI is InChI=1S/C14H19FN2/c15-12-5-3-11(4-6-12)14-10-16-8-7-13-2-1-9-17(13)14/h3-6,13-14,16H,1-2,7-10H2. The molecule has 0 spiro atoms. The van der Waals surface area contributed by atoms with E-state index in [2.05, 4.69) is 10.2 Å². The topological polar surface area (TPSA) is 15.3 Å². The second-order valence-electron chi connectivity index (χ2n) is 5.09. The Morgan fingerprint density at radius 1 is 1.18 bits per heavy atom. The minimum Gasteiger partial charge on any atom is -0.315 e. The number of nitrogens with one attached hydrogen (secondary N) is 1. The first kappa shape index (κ1) is 11.2. The molecule has 92 valence electrons. The van der Waals surface area contributed by atoms with Crippen LogP contribution in [0, 0.1) is 5.82 Å². The summed E-state index contributed by atoms with van der Waals surface area (Å²) in [6.45, 7) is 3.29. The Hall–Kier alpha value is -0.930. The number of halogens is 1. The summed E-state index contributed by atoms with van der Waals surface area (Å²) in [5, 5.41) is 3.50. The first-order valence-corrected chi connectivity index (χ1v) is 6.56. The average molecular weight is 234 g/mol. The molecule has 0 radical (unpaired) electrons. The van der Waals surface area contributed by atoms with Crippen molar-refractivity contribution in [2.45, 2.75) is 31.3 Å². The summed E-state index contributed by atoms with van der Waals surface area (Å²) in [6.07, 6.45) is 3.87. The summed E-state index contributed by atoms with van der Waals surface area (Å²) in [7, 11) is 0. The third-order valence-electron chi connectivity index (χ3n) is 4.07. The molecule has 0 aromatic heterocycles. The molecule has 3 heteroatoms. The van der Waals surface area contributed by atoms with Crippen LogP contribution in [-0.4, -0.2) is 30.6 Å². The maximum atomic E-state index is 13.0. The number of hydrogen-bond acceptors (Lipinski definition) is 2. The van der Waals surface area contributed by atoms with Crippen molar-refractivity contribution in [3.63, 3.8) is 0 Å². The van der Waals surface area contributed by atoms with Crippen molar-refractivity contribution < 1.29 is 4.39 Å². The van der Waals surface area contributed by atoms with E-state index in [1.54, 1.807) is 12.1 Å². The summed E-state index contributed by atoms with van der Waals surface area (Å²) >= 11 is 0. The fourth-order valence-corrected chi connectivity index (χ4v) is 3.20. The monoisotopic (exact) mass is 234 g/mol. The van der Waals surface area contributed by atoms with E-state index < -0.39 is 0 Å². The highest BCUT2D eigenvalue weighted by molar-refractivity contribution is 5.21. The molecule has 0 bridgehead atoms. The van der Waals surface area contributed by atoms with Crippen molar-refractivity contribution in [3.05, 3.63) is 35.6 Å². The van der Waals surface area contributed by atoms with Crippen molar-refractivity contribution in [1.82, 2.24) is 10.2 Å². The first-order valence-electron chi connectivity index (χ1n) is 6.56. The van der Waals surface area contributed by atoms with E-state index in [1.807, 2.05) is 12.1 Å². The van der Waals surface area contributed by atoms with Crippen LogP contribution in [-0.2, 0) is 0 Å². The van der Waals surface area contributed by atoms with Gasteiger partial charge < -0.3 is 5.32 Å². The maximum Gasteiger partial charge on any atom is 0.123 e. The minimum atomic E-state index is -0.145. The lowest BCUT2D eigenvalue weighted by Gasteiger charge is -2.30. The molecular weight excluding hydrogens is 215 g/mol. The molecule has 2 aliphatic rings. The van der Waals surface area contributed by atoms with Gasteiger partial charge in [-0.1, -0.05) is 12.1 Å². The predicted molar refractivity (Wildman–Crippen MR) is 66.4 cm³/mol. The van der Waals surface area contributed by atoms with E-state index in [0.717, 1.165) is 19.1 Å². The van der Waals surface area contributed by atoms with Crippen LogP contribution in [0.15, 0.2) is 24.3 Å². The molecule has 1 N–H and O–H groups in total. The zero-order chi connectivity index (χ0) is 11.7. The van der Waals surface area contributed by atoms with Gasteiger partial charge in [-0.3, -0.25) is 4.90 Å². The van der Waals surface area contributed by atoms with Crippen LogP contribution in [0.2, 0.25) is 0 Å². The zero-order valence-corrected chi connectivity index (χ0v) is 10.0.